The highest BCUT2D eigenvalue weighted by atomic mass is 16.5. The van der Waals surface area contributed by atoms with Crippen LogP contribution in [0.2, 0.25) is 0 Å². The number of aliphatic hydroxyl groups excluding tert-OH is 1. The molecule has 1 unspecified atom stereocenters. The van der Waals surface area contributed by atoms with Crippen LogP contribution in [-0.2, 0) is 20.1 Å². The predicted octanol–water partition coefficient (Wildman–Crippen LogP) is 2.66. The molecule has 1 aromatic carbocycles. The number of benzene rings is 1. The highest BCUT2D eigenvalue weighted by Gasteiger charge is 2.30. The molecule has 0 saturated carbocycles. The monoisotopic (exact) mass is 385 g/mol. The lowest BCUT2D eigenvalue weighted by Crippen LogP contribution is -2.32. The van der Waals surface area contributed by atoms with Crippen LogP contribution in [0.4, 0.5) is 5.95 Å². The standard InChI is InChI=1S/C21H31N5O2/c1-25-21(23-20(15-27)24-25)22-11-6-14-28-19-8-5-7-16-17(19)9-10-18(16)26-12-3-2-4-13-26/h5,7-8,18,27H,2-4,6,9-15H2,1H3,(H,22,23,24). The highest BCUT2D eigenvalue weighted by Crippen LogP contribution is 2.41. The number of fused-ring (bicyclic) bond motifs is 1. The second kappa shape index (κ2) is 8.92. The van der Waals surface area contributed by atoms with E-state index >= 15 is 0 Å². The molecule has 1 atom stereocenters. The fourth-order valence-corrected chi connectivity index (χ4v) is 4.46. The van der Waals surface area contributed by atoms with Crippen molar-refractivity contribution in [1.82, 2.24) is 19.7 Å². The van der Waals surface area contributed by atoms with Gasteiger partial charge >= 0.3 is 0 Å². The van der Waals surface area contributed by atoms with E-state index in [4.69, 9.17) is 9.84 Å². The molecule has 7 heteroatoms. The summed E-state index contributed by atoms with van der Waals surface area (Å²) < 4.78 is 7.79. The van der Waals surface area contributed by atoms with Gasteiger partial charge in [0.2, 0.25) is 5.95 Å². The lowest BCUT2D eigenvalue weighted by molar-refractivity contribution is 0.163. The van der Waals surface area contributed by atoms with Gasteiger partial charge in [-0.1, -0.05) is 18.6 Å². The molecule has 0 amide bonds. The number of nitrogens with one attached hydrogen (secondary N) is 1. The van der Waals surface area contributed by atoms with Crippen molar-refractivity contribution in [3.05, 3.63) is 35.2 Å². The molecule has 2 aliphatic rings. The molecule has 7 nitrogen and oxygen atoms in total. The summed E-state index contributed by atoms with van der Waals surface area (Å²) >= 11 is 0. The number of hydrogen-bond donors (Lipinski definition) is 2. The van der Waals surface area contributed by atoms with Crippen molar-refractivity contribution in [3.63, 3.8) is 0 Å². The van der Waals surface area contributed by atoms with E-state index in [-0.39, 0.29) is 6.61 Å². The minimum atomic E-state index is -0.143. The first-order valence-corrected chi connectivity index (χ1v) is 10.5. The number of aromatic nitrogens is 3. The van der Waals surface area contributed by atoms with Gasteiger partial charge in [0.05, 0.1) is 6.61 Å². The first-order chi connectivity index (χ1) is 13.8. The molecule has 1 aromatic heterocycles. The molecule has 0 radical (unpaired) electrons. The Labute approximate surface area is 166 Å². The molecule has 1 saturated heterocycles. The third-order valence-corrected chi connectivity index (χ3v) is 5.84. The predicted molar refractivity (Wildman–Crippen MR) is 108 cm³/mol. The summed E-state index contributed by atoms with van der Waals surface area (Å²) in [5.74, 6) is 2.16. The summed E-state index contributed by atoms with van der Waals surface area (Å²) in [6.45, 7) is 3.75. The van der Waals surface area contributed by atoms with E-state index < -0.39 is 0 Å². The first kappa shape index (κ1) is 19.2. The van der Waals surface area contributed by atoms with Crippen LogP contribution in [0.5, 0.6) is 5.75 Å². The fraction of sp³-hybridized carbons (Fsp3) is 0.619. The minimum Gasteiger partial charge on any atom is -0.493 e. The topological polar surface area (TPSA) is 75.4 Å². The van der Waals surface area contributed by atoms with Gasteiger partial charge in [-0.2, -0.15) is 10.1 Å². The molecule has 1 aliphatic carbocycles. The number of aryl methyl sites for hydroxylation is 1. The van der Waals surface area contributed by atoms with Crippen molar-refractivity contribution in [2.45, 2.75) is 51.2 Å². The normalized spacial score (nSPS) is 19.6. The second-order valence-electron chi connectivity index (χ2n) is 7.74. The smallest absolute Gasteiger partial charge is 0.221 e. The van der Waals surface area contributed by atoms with Crippen molar-refractivity contribution < 1.29 is 9.84 Å². The first-order valence-electron chi connectivity index (χ1n) is 10.5. The van der Waals surface area contributed by atoms with Crippen LogP contribution in [0.25, 0.3) is 0 Å². The number of anilines is 1. The van der Waals surface area contributed by atoms with Crippen molar-refractivity contribution in [1.29, 1.82) is 0 Å². The summed E-state index contributed by atoms with van der Waals surface area (Å²) in [4.78, 5) is 6.90. The molecule has 1 aliphatic heterocycles. The third kappa shape index (κ3) is 4.15. The molecular formula is C21H31N5O2. The second-order valence-corrected chi connectivity index (χ2v) is 7.74. The maximum atomic E-state index is 9.10. The zero-order valence-corrected chi connectivity index (χ0v) is 16.7. The summed E-state index contributed by atoms with van der Waals surface area (Å²) in [6, 6.07) is 7.13. The maximum absolute atomic E-state index is 9.10. The molecule has 0 bridgehead atoms. The number of likely N-dealkylation sites (tertiary alicyclic amines) is 1. The van der Waals surface area contributed by atoms with E-state index in [0.717, 1.165) is 25.1 Å². The lowest BCUT2D eigenvalue weighted by Gasteiger charge is -2.32. The Kier molecular flexibility index (Phi) is 6.12. The SMILES string of the molecule is Cn1nc(CO)nc1NCCCOc1cccc2c1CCC2N1CCCCC1. The van der Waals surface area contributed by atoms with Gasteiger partial charge < -0.3 is 15.2 Å². The summed E-state index contributed by atoms with van der Waals surface area (Å²) in [5.41, 5.74) is 2.89. The van der Waals surface area contributed by atoms with Crippen molar-refractivity contribution >= 4 is 5.95 Å². The number of aliphatic hydroxyl groups is 1. The Morgan fingerprint density at radius 2 is 2.11 bits per heavy atom. The van der Waals surface area contributed by atoms with Gasteiger partial charge in [-0.3, -0.25) is 4.90 Å². The maximum Gasteiger partial charge on any atom is 0.221 e. The summed E-state index contributed by atoms with van der Waals surface area (Å²) in [5, 5.41) is 16.5. The zero-order chi connectivity index (χ0) is 19.3. The number of hydrogen-bond acceptors (Lipinski definition) is 6. The van der Waals surface area contributed by atoms with Crippen molar-refractivity contribution in [2.75, 3.05) is 31.6 Å². The van der Waals surface area contributed by atoms with Crippen LogP contribution in [0.1, 0.15) is 55.1 Å². The average molecular weight is 386 g/mol. The van der Waals surface area contributed by atoms with Crippen LogP contribution in [-0.4, -0.2) is 51.0 Å². The average Bonchev–Trinajstić information content (AvgIpc) is 3.32. The molecule has 152 valence electrons. The molecule has 2 aromatic rings. The molecule has 2 heterocycles. The quantitative estimate of drug-likeness (QED) is 0.681. The Hall–Kier alpha value is -2.12. The van der Waals surface area contributed by atoms with E-state index in [9.17, 15) is 0 Å². The van der Waals surface area contributed by atoms with E-state index in [0.29, 0.717) is 24.4 Å². The van der Waals surface area contributed by atoms with E-state index in [1.54, 1.807) is 4.68 Å². The lowest BCUT2D eigenvalue weighted by atomic mass is 10.0. The third-order valence-electron chi connectivity index (χ3n) is 5.84. The number of piperidine rings is 1. The van der Waals surface area contributed by atoms with Crippen LogP contribution in [0, 0.1) is 0 Å². The molecule has 0 spiro atoms. The van der Waals surface area contributed by atoms with Crippen LogP contribution >= 0.6 is 0 Å². The highest BCUT2D eigenvalue weighted by molar-refractivity contribution is 5.45. The van der Waals surface area contributed by atoms with Gasteiger partial charge in [-0.15, -0.1) is 0 Å². The van der Waals surface area contributed by atoms with Gasteiger partial charge in [0.1, 0.15) is 12.4 Å². The van der Waals surface area contributed by atoms with E-state index in [1.165, 1.54) is 49.9 Å². The Morgan fingerprint density at radius 3 is 2.89 bits per heavy atom. The summed E-state index contributed by atoms with van der Waals surface area (Å²) in [7, 11) is 1.82. The Balaban J connectivity index is 1.29. The number of nitrogens with zero attached hydrogens (tertiary/aromatic N) is 4. The van der Waals surface area contributed by atoms with Crippen LogP contribution in [0.15, 0.2) is 18.2 Å². The molecular weight excluding hydrogens is 354 g/mol. The van der Waals surface area contributed by atoms with Gasteiger partial charge in [-0.05, 0) is 62.4 Å². The molecule has 4 rings (SSSR count). The molecule has 1 fully saturated rings. The van der Waals surface area contributed by atoms with Gasteiger partial charge in [0.15, 0.2) is 5.82 Å². The van der Waals surface area contributed by atoms with Gasteiger partial charge in [0, 0.05) is 19.6 Å². The van der Waals surface area contributed by atoms with E-state index in [1.807, 2.05) is 7.05 Å². The van der Waals surface area contributed by atoms with Gasteiger partial charge in [0.25, 0.3) is 0 Å². The molecule has 2 N–H and O–H groups in total. The van der Waals surface area contributed by atoms with Gasteiger partial charge in [-0.25, -0.2) is 4.68 Å². The zero-order valence-electron chi connectivity index (χ0n) is 16.7. The fourth-order valence-electron chi connectivity index (χ4n) is 4.46. The van der Waals surface area contributed by atoms with E-state index in [2.05, 4.69) is 38.5 Å². The Morgan fingerprint density at radius 1 is 1.25 bits per heavy atom. The van der Waals surface area contributed by atoms with Crippen LogP contribution < -0.4 is 10.1 Å². The summed E-state index contributed by atoms with van der Waals surface area (Å²) in [6.07, 6.45) is 7.26. The van der Waals surface area contributed by atoms with Crippen LogP contribution in [0.3, 0.4) is 0 Å². The largest absolute Gasteiger partial charge is 0.493 e. The van der Waals surface area contributed by atoms with Crippen molar-refractivity contribution in [3.8, 4) is 5.75 Å². The Bertz CT molecular complexity index is 785. The number of rotatable bonds is 8. The van der Waals surface area contributed by atoms with Crippen molar-refractivity contribution in [2.24, 2.45) is 7.05 Å². The number of ether oxygens (including phenoxy) is 1. The minimum absolute atomic E-state index is 0.143. The molecule has 28 heavy (non-hydrogen) atoms.